The Hall–Kier alpha value is -1.13. The highest BCUT2D eigenvalue weighted by Gasteiger charge is 2.26. The summed E-state index contributed by atoms with van der Waals surface area (Å²) in [5.74, 6) is -0.171. The molecule has 0 aromatic heterocycles. The highest BCUT2D eigenvalue weighted by atomic mass is 19.1. The number of benzene rings is 1. The number of anilines is 1. The first-order chi connectivity index (χ1) is 9.11. The maximum absolute atomic E-state index is 13.1. The van der Waals surface area contributed by atoms with E-state index in [1.54, 1.807) is 12.1 Å². The Bertz CT molecular complexity index is 393. The van der Waals surface area contributed by atoms with E-state index in [0.717, 1.165) is 31.7 Å². The predicted octanol–water partition coefficient (Wildman–Crippen LogP) is 1.94. The number of halogens is 1. The van der Waals surface area contributed by atoms with E-state index < -0.39 is 0 Å². The number of nitrogens with zero attached hydrogens (tertiary/aromatic N) is 2. The molecule has 1 heterocycles. The van der Waals surface area contributed by atoms with Gasteiger partial charge in [-0.05, 0) is 51.7 Å². The third-order valence-corrected chi connectivity index (χ3v) is 4.06. The molecular formula is C15H24FN3. The van der Waals surface area contributed by atoms with Gasteiger partial charge in [-0.15, -0.1) is 0 Å². The smallest absolute Gasteiger partial charge is 0.123 e. The van der Waals surface area contributed by atoms with Crippen LogP contribution < -0.4 is 10.2 Å². The van der Waals surface area contributed by atoms with Crippen molar-refractivity contribution in [1.29, 1.82) is 0 Å². The molecule has 0 bridgehead atoms. The highest BCUT2D eigenvalue weighted by Crippen LogP contribution is 2.22. The van der Waals surface area contributed by atoms with Crippen LogP contribution in [0.25, 0.3) is 0 Å². The first-order valence-electron chi connectivity index (χ1n) is 6.99. The summed E-state index contributed by atoms with van der Waals surface area (Å²) in [5.41, 5.74) is 1.12. The zero-order valence-corrected chi connectivity index (χ0v) is 12.1. The van der Waals surface area contributed by atoms with Gasteiger partial charge in [0, 0.05) is 37.4 Å². The van der Waals surface area contributed by atoms with Crippen LogP contribution in [-0.4, -0.2) is 50.7 Å². The summed E-state index contributed by atoms with van der Waals surface area (Å²) in [6.45, 7) is 5.30. The Balaban J connectivity index is 2.18. The van der Waals surface area contributed by atoms with Crippen LogP contribution in [0.15, 0.2) is 24.3 Å². The maximum atomic E-state index is 13.1. The molecule has 3 nitrogen and oxygen atoms in total. The van der Waals surface area contributed by atoms with Crippen LogP contribution in [0.1, 0.15) is 13.3 Å². The fourth-order valence-corrected chi connectivity index (χ4v) is 2.72. The van der Waals surface area contributed by atoms with Crippen LogP contribution in [0.5, 0.6) is 0 Å². The normalized spacial score (nSPS) is 25.4. The molecule has 4 heteroatoms. The summed E-state index contributed by atoms with van der Waals surface area (Å²) in [6, 6.07) is 7.82. The SMILES string of the molecule is CNCC1CN(c2ccc(F)cc2)C(C)CCN1C. The highest BCUT2D eigenvalue weighted by molar-refractivity contribution is 5.47. The maximum Gasteiger partial charge on any atom is 0.123 e. The quantitative estimate of drug-likeness (QED) is 0.901. The van der Waals surface area contributed by atoms with Gasteiger partial charge < -0.3 is 15.1 Å². The minimum atomic E-state index is -0.171. The standard InChI is InChI=1S/C15H24FN3/c1-12-8-9-18(3)15(10-17-2)11-19(12)14-6-4-13(16)5-7-14/h4-7,12,15,17H,8-11H2,1-3H3. The number of rotatable bonds is 3. The number of hydrogen-bond donors (Lipinski definition) is 1. The molecule has 0 radical (unpaired) electrons. The Morgan fingerprint density at radius 3 is 2.63 bits per heavy atom. The van der Waals surface area contributed by atoms with Crippen molar-refractivity contribution in [2.75, 3.05) is 38.6 Å². The van der Waals surface area contributed by atoms with E-state index in [2.05, 4.69) is 29.1 Å². The van der Waals surface area contributed by atoms with Gasteiger partial charge in [0.25, 0.3) is 0 Å². The number of hydrogen-bond acceptors (Lipinski definition) is 3. The van der Waals surface area contributed by atoms with E-state index >= 15 is 0 Å². The molecule has 1 N–H and O–H groups in total. The molecule has 2 atom stereocenters. The van der Waals surface area contributed by atoms with Crippen molar-refractivity contribution in [3.63, 3.8) is 0 Å². The number of nitrogens with one attached hydrogen (secondary N) is 1. The fourth-order valence-electron chi connectivity index (χ4n) is 2.72. The molecule has 106 valence electrons. The predicted molar refractivity (Wildman–Crippen MR) is 78.2 cm³/mol. The molecule has 2 rings (SSSR count). The van der Waals surface area contributed by atoms with Gasteiger partial charge in [-0.25, -0.2) is 4.39 Å². The van der Waals surface area contributed by atoms with E-state index in [1.165, 1.54) is 0 Å². The molecule has 0 spiro atoms. The van der Waals surface area contributed by atoms with Crippen LogP contribution >= 0.6 is 0 Å². The zero-order chi connectivity index (χ0) is 13.8. The lowest BCUT2D eigenvalue weighted by molar-refractivity contribution is 0.256. The fraction of sp³-hybridized carbons (Fsp3) is 0.600. The summed E-state index contributed by atoms with van der Waals surface area (Å²) >= 11 is 0. The Kier molecular flexibility index (Phi) is 4.77. The number of likely N-dealkylation sites (N-methyl/N-ethyl adjacent to an activating group) is 2. The average Bonchev–Trinajstić information content (AvgIpc) is 2.54. The second-order valence-electron chi connectivity index (χ2n) is 5.46. The lowest BCUT2D eigenvalue weighted by atomic mass is 10.1. The Labute approximate surface area is 115 Å². The minimum absolute atomic E-state index is 0.171. The summed E-state index contributed by atoms with van der Waals surface area (Å²) in [4.78, 5) is 4.81. The first-order valence-corrected chi connectivity index (χ1v) is 6.99. The molecule has 0 saturated carbocycles. The third kappa shape index (κ3) is 3.45. The molecular weight excluding hydrogens is 241 g/mol. The summed E-state index contributed by atoms with van der Waals surface area (Å²) in [5, 5.41) is 3.26. The lowest BCUT2D eigenvalue weighted by Gasteiger charge is -2.32. The lowest BCUT2D eigenvalue weighted by Crippen LogP contribution is -2.45. The molecule has 1 aromatic carbocycles. The molecule has 0 aliphatic carbocycles. The van der Waals surface area contributed by atoms with Gasteiger partial charge >= 0.3 is 0 Å². The third-order valence-electron chi connectivity index (χ3n) is 4.06. The second-order valence-corrected chi connectivity index (χ2v) is 5.46. The van der Waals surface area contributed by atoms with E-state index in [9.17, 15) is 4.39 Å². The van der Waals surface area contributed by atoms with E-state index in [0.29, 0.717) is 12.1 Å². The van der Waals surface area contributed by atoms with Crippen LogP contribution in [-0.2, 0) is 0 Å². The largest absolute Gasteiger partial charge is 0.367 e. The van der Waals surface area contributed by atoms with Gasteiger partial charge in [-0.1, -0.05) is 0 Å². The van der Waals surface area contributed by atoms with Gasteiger partial charge in [0.15, 0.2) is 0 Å². The van der Waals surface area contributed by atoms with Gasteiger partial charge in [0.05, 0.1) is 0 Å². The van der Waals surface area contributed by atoms with Gasteiger partial charge in [0.1, 0.15) is 5.82 Å². The van der Waals surface area contributed by atoms with Crippen molar-refractivity contribution in [3.8, 4) is 0 Å². The molecule has 19 heavy (non-hydrogen) atoms. The van der Waals surface area contributed by atoms with Crippen molar-refractivity contribution in [1.82, 2.24) is 10.2 Å². The van der Waals surface area contributed by atoms with Gasteiger partial charge in [-0.2, -0.15) is 0 Å². The molecule has 1 aliphatic rings. The van der Waals surface area contributed by atoms with Crippen LogP contribution in [0.4, 0.5) is 10.1 Å². The van der Waals surface area contributed by atoms with Crippen molar-refractivity contribution in [3.05, 3.63) is 30.1 Å². The Morgan fingerprint density at radius 1 is 1.32 bits per heavy atom. The molecule has 1 fully saturated rings. The van der Waals surface area contributed by atoms with E-state index in [1.807, 2.05) is 19.2 Å². The van der Waals surface area contributed by atoms with Gasteiger partial charge in [-0.3, -0.25) is 0 Å². The monoisotopic (exact) mass is 265 g/mol. The zero-order valence-electron chi connectivity index (χ0n) is 12.1. The molecule has 1 aromatic rings. The molecule has 1 aliphatic heterocycles. The molecule has 0 amide bonds. The van der Waals surface area contributed by atoms with Crippen LogP contribution in [0.2, 0.25) is 0 Å². The van der Waals surface area contributed by atoms with Crippen molar-refractivity contribution in [2.45, 2.75) is 25.4 Å². The first kappa shape index (κ1) is 14.3. The van der Waals surface area contributed by atoms with Gasteiger partial charge in [0.2, 0.25) is 0 Å². The van der Waals surface area contributed by atoms with E-state index in [4.69, 9.17) is 0 Å². The Morgan fingerprint density at radius 2 is 2.00 bits per heavy atom. The average molecular weight is 265 g/mol. The summed E-state index contributed by atoms with van der Waals surface area (Å²) in [6.07, 6.45) is 1.13. The second kappa shape index (κ2) is 6.35. The van der Waals surface area contributed by atoms with Crippen LogP contribution in [0, 0.1) is 5.82 Å². The molecule has 1 saturated heterocycles. The van der Waals surface area contributed by atoms with Crippen molar-refractivity contribution < 1.29 is 4.39 Å². The van der Waals surface area contributed by atoms with Crippen molar-refractivity contribution >= 4 is 5.69 Å². The summed E-state index contributed by atoms with van der Waals surface area (Å²) in [7, 11) is 4.17. The molecule has 2 unspecified atom stereocenters. The topological polar surface area (TPSA) is 18.5 Å². The van der Waals surface area contributed by atoms with E-state index in [-0.39, 0.29) is 5.82 Å². The van der Waals surface area contributed by atoms with Crippen LogP contribution in [0.3, 0.4) is 0 Å². The van der Waals surface area contributed by atoms with Crippen molar-refractivity contribution in [2.24, 2.45) is 0 Å². The minimum Gasteiger partial charge on any atom is -0.367 e. The summed E-state index contributed by atoms with van der Waals surface area (Å²) < 4.78 is 13.1.